The quantitative estimate of drug-likeness (QED) is 0.211. The fourth-order valence-corrected chi connectivity index (χ4v) is 5.54. The Balaban J connectivity index is 1.84. The maximum absolute atomic E-state index is 10.8. The summed E-state index contributed by atoms with van der Waals surface area (Å²) in [6, 6.07) is 20.5. The summed E-state index contributed by atoms with van der Waals surface area (Å²) >= 11 is 0. The lowest BCUT2D eigenvalue weighted by atomic mass is 9.75. The van der Waals surface area contributed by atoms with Gasteiger partial charge in [0.15, 0.2) is 0 Å². The van der Waals surface area contributed by atoms with Gasteiger partial charge in [0, 0.05) is 44.4 Å². The van der Waals surface area contributed by atoms with Gasteiger partial charge in [-0.3, -0.25) is 0 Å². The monoisotopic (exact) mass is 482 g/mol. The average Bonchev–Trinajstić information content (AvgIpc) is 3.49. The van der Waals surface area contributed by atoms with Crippen molar-refractivity contribution in [2.24, 2.45) is 0 Å². The molecule has 8 bridgehead atoms. The molecule has 0 amide bonds. The summed E-state index contributed by atoms with van der Waals surface area (Å²) in [6.07, 6.45) is 0. The van der Waals surface area contributed by atoms with E-state index in [4.69, 9.17) is 0 Å². The normalized spacial score (nSPS) is 19.1. The van der Waals surface area contributed by atoms with E-state index in [-0.39, 0.29) is 33.2 Å². The van der Waals surface area contributed by atoms with Crippen molar-refractivity contribution in [1.82, 2.24) is 9.97 Å². The predicted molar refractivity (Wildman–Crippen MR) is 146 cm³/mol. The van der Waals surface area contributed by atoms with Crippen LogP contribution in [-0.2, 0) is 21.7 Å². The zero-order valence-corrected chi connectivity index (χ0v) is 22.7. The van der Waals surface area contributed by atoms with Gasteiger partial charge in [0.2, 0.25) is 0 Å². The largest absolute Gasteiger partial charge is 0.508 e. The number of aromatic amines is 2. The summed E-state index contributed by atoms with van der Waals surface area (Å²) in [5, 5.41) is 21.6. The molecular formula is C32H38N2O2. The maximum atomic E-state index is 10.8. The maximum Gasteiger partial charge on any atom is 0.116 e. The third kappa shape index (κ3) is 3.57. The molecule has 0 saturated heterocycles. The molecule has 0 unspecified atom stereocenters. The van der Waals surface area contributed by atoms with Gasteiger partial charge < -0.3 is 20.2 Å². The summed E-state index contributed by atoms with van der Waals surface area (Å²) in [7, 11) is 0. The van der Waals surface area contributed by atoms with Crippen molar-refractivity contribution >= 4 is 0 Å². The van der Waals surface area contributed by atoms with Crippen LogP contribution < -0.4 is 0 Å². The number of nitrogens with one attached hydrogen (secondary N) is 2. The Morgan fingerprint density at radius 3 is 0.861 bits per heavy atom. The highest BCUT2D eigenvalue weighted by atomic mass is 16.3. The van der Waals surface area contributed by atoms with E-state index in [9.17, 15) is 10.2 Å². The lowest BCUT2D eigenvalue weighted by molar-refractivity contribution is 0.467. The van der Waals surface area contributed by atoms with E-state index < -0.39 is 0 Å². The van der Waals surface area contributed by atoms with Gasteiger partial charge in [-0.25, -0.2) is 0 Å². The number of aromatic hydroxyl groups is 2. The number of H-pyrrole nitrogens is 2. The minimum Gasteiger partial charge on any atom is -0.508 e. The Morgan fingerprint density at radius 2 is 0.639 bits per heavy atom. The highest BCUT2D eigenvalue weighted by molar-refractivity contribution is 5.51. The molecule has 1 aliphatic rings. The number of phenols is 2. The minimum atomic E-state index is -0.359. The van der Waals surface area contributed by atoms with Gasteiger partial charge in [0.05, 0.1) is 0 Å². The van der Waals surface area contributed by atoms with Crippen LogP contribution in [0, 0.1) is 0 Å². The molecule has 0 spiro atoms. The van der Waals surface area contributed by atoms with Crippen molar-refractivity contribution in [3.63, 3.8) is 0 Å². The smallest absolute Gasteiger partial charge is 0.116 e. The van der Waals surface area contributed by atoms with Crippen LogP contribution in [-0.4, -0.2) is 20.2 Å². The Kier molecular flexibility index (Phi) is 5.10. The first kappa shape index (κ1) is 24.3. The fraction of sp³-hybridized carbons (Fsp3) is 0.375. The van der Waals surface area contributed by atoms with Crippen molar-refractivity contribution in [3.8, 4) is 11.5 Å². The second-order valence-corrected chi connectivity index (χ2v) is 12.6. The lowest BCUT2D eigenvalue weighted by Gasteiger charge is -2.32. The van der Waals surface area contributed by atoms with Crippen LogP contribution in [0.25, 0.3) is 0 Å². The minimum absolute atomic E-state index is 0.273. The molecule has 0 atom stereocenters. The van der Waals surface area contributed by atoms with Crippen molar-refractivity contribution in [1.29, 1.82) is 0 Å². The molecule has 4 heteroatoms. The molecule has 188 valence electrons. The number of hydrogen-bond donors (Lipinski definition) is 4. The van der Waals surface area contributed by atoms with Crippen LogP contribution in [0.5, 0.6) is 11.5 Å². The molecule has 0 radical (unpaired) electrons. The summed E-state index contributed by atoms with van der Waals surface area (Å²) < 4.78 is 0. The first-order valence-electron chi connectivity index (χ1n) is 12.7. The zero-order chi connectivity index (χ0) is 26.3. The number of hydrogen-bond acceptors (Lipinski definition) is 2. The molecule has 3 heterocycles. The number of fused-ring (bicyclic) bond motifs is 8. The molecule has 5 rings (SSSR count). The van der Waals surface area contributed by atoms with Crippen molar-refractivity contribution in [2.45, 2.75) is 77.0 Å². The SMILES string of the molecule is CC1(C)c2cc(O)cc(c2)C(C)(C)c2ccc([nH]2)C(C)(C)c2cc(O)cc(c2)C(C)(C)c2ccc1[nH]2. The molecule has 0 saturated carbocycles. The van der Waals surface area contributed by atoms with Crippen LogP contribution in [0.3, 0.4) is 0 Å². The van der Waals surface area contributed by atoms with Crippen LogP contribution in [0.2, 0.25) is 0 Å². The molecule has 0 fully saturated rings. The Morgan fingerprint density at radius 1 is 0.417 bits per heavy atom. The molecular weight excluding hydrogens is 444 g/mol. The van der Waals surface area contributed by atoms with E-state index in [2.05, 4.69) is 102 Å². The van der Waals surface area contributed by atoms with E-state index in [1.54, 1.807) is 0 Å². The van der Waals surface area contributed by atoms with E-state index in [0.717, 1.165) is 45.0 Å². The van der Waals surface area contributed by atoms with Crippen LogP contribution in [0.4, 0.5) is 0 Å². The summed E-state index contributed by atoms with van der Waals surface area (Å²) in [5.74, 6) is 0.545. The number of aromatic nitrogens is 2. The predicted octanol–water partition coefficient (Wildman–Crippen LogP) is 7.37. The summed E-state index contributed by atoms with van der Waals surface area (Å²) in [4.78, 5) is 7.41. The Hall–Kier alpha value is -3.40. The highest BCUT2D eigenvalue weighted by Gasteiger charge is 2.35. The Labute approximate surface area is 214 Å². The van der Waals surface area contributed by atoms with Crippen LogP contribution in [0.1, 0.15) is 100 Å². The zero-order valence-electron chi connectivity index (χ0n) is 22.7. The van der Waals surface area contributed by atoms with E-state index >= 15 is 0 Å². The second kappa shape index (κ2) is 7.55. The van der Waals surface area contributed by atoms with Gasteiger partial charge in [-0.15, -0.1) is 0 Å². The first-order chi connectivity index (χ1) is 16.6. The molecule has 36 heavy (non-hydrogen) atoms. The third-order valence-corrected chi connectivity index (χ3v) is 8.79. The number of rotatable bonds is 0. The van der Waals surface area contributed by atoms with E-state index in [1.807, 2.05) is 24.3 Å². The highest BCUT2D eigenvalue weighted by Crippen LogP contribution is 2.43. The molecule has 4 aromatic rings. The van der Waals surface area contributed by atoms with Crippen molar-refractivity contribution < 1.29 is 10.2 Å². The Bertz CT molecular complexity index is 1250. The third-order valence-electron chi connectivity index (χ3n) is 8.79. The fourth-order valence-electron chi connectivity index (χ4n) is 5.54. The van der Waals surface area contributed by atoms with Crippen molar-refractivity contribution in [3.05, 3.63) is 106 Å². The standard InChI is InChI=1S/C32H38N2O2/c1-29(2)19-13-20(16-23(35)15-19)30(3,4)27-11-12-28(34-27)32(7,8)22-14-21(17-24(36)18-22)31(5,6)26-10-9-25(29)33-26/h9-18,33-36H,1-8H3. The van der Waals surface area contributed by atoms with Gasteiger partial charge in [-0.2, -0.15) is 0 Å². The molecule has 1 aliphatic heterocycles. The van der Waals surface area contributed by atoms with Gasteiger partial charge in [-0.05, 0) is 70.8 Å². The van der Waals surface area contributed by atoms with E-state index in [0.29, 0.717) is 0 Å². The average molecular weight is 483 g/mol. The van der Waals surface area contributed by atoms with Crippen molar-refractivity contribution in [2.75, 3.05) is 0 Å². The van der Waals surface area contributed by atoms with Gasteiger partial charge in [0.25, 0.3) is 0 Å². The second-order valence-electron chi connectivity index (χ2n) is 12.6. The summed E-state index contributed by atoms with van der Waals surface area (Å²) in [6.45, 7) is 17.5. The first-order valence-corrected chi connectivity index (χ1v) is 12.7. The number of phenolic OH excluding ortho intramolecular Hbond substituents is 2. The van der Waals surface area contributed by atoms with E-state index in [1.165, 1.54) is 0 Å². The molecule has 2 aromatic heterocycles. The summed E-state index contributed by atoms with van der Waals surface area (Å²) in [5.41, 5.74) is 7.08. The van der Waals surface area contributed by atoms with Crippen LogP contribution in [0.15, 0.2) is 60.7 Å². The van der Waals surface area contributed by atoms with Crippen LogP contribution >= 0.6 is 0 Å². The number of benzene rings is 2. The topological polar surface area (TPSA) is 72.0 Å². The van der Waals surface area contributed by atoms with Gasteiger partial charge in [0.1, 0.15) is 11.5 Å². The lowest BCUT2D eigenvalue weighted by Crippen LogP contribution is -2.26. The molecule has 0 aliphatic carbocycles. The molecule has 4 N–H and O–H groups in total. The van der Waals surface area contributed by atoms with Gasteiger partial charge >= 0.3 is 0 Å². The molecule has 2 aromatic carbocycles. The van der Waals surface area contributed by atoms with Gasteiger partial charge in [-0.1, -0.05) is 67.5 Å². The molecule has 4 nitrogen and oxygen atoms in total.